The zero-order valence-corrected chi connectivity index (χ0v) is 9.43. The van der Waals surface area contributed by atoms with Crippen LogP contribution < -0.4 is 0 Å². The third-order valence-corrected chi connectivity index (χ3v) is 4.89. The molecule has 5 nitrogen and oxygen atoms in total. The lowest BCUT2D eigenvalue weighted by Crippen LogP contribution is -2.63. The van der Waals surface area contributed by atoms with Gasteiger partial charge in [-0.25, -0.2) is 0 Å². The van der Waals surface area contributed by atoms with Gasteiger partial charge < -0.3 is 24.1 Å². The van der Waals surface area contributed by atoms with E-state index < -0.39 is 17.2 Å². The van der Waals surface area contributed by atoms with Crippen LogP contribution >= 0.6 is 0 Å². The van der Waals surface area contributed by atoms with Crippen molar-refractivity contribution in [1.29, 1.82) is 0 Å². The molecule has 0 aromatic heterocycles. The van der Waals surface area contributed by atoms with Gasteiger partial charge in [-0.1, -0.05) is 0 Å². The molecule has 0 radical (unpaired) electrons. The third kappa shape index (κ3) is 0.811. The summed E-state index contributed by atoms with van der Waals surface area (Å²) in [7, 11) is 1.67. The summed E-state index contributed by atoms with van der Waals surface area (Å²) in [6.07, 6.45) is 0.733. The number of fused-ring (bicyclic) bond motifs is 2. The molecule has 3 heterocycles. The molecule has 4 fully saturated rings. The van der Waals surface area contributed by atoms with Crippen LogP contribution in [0.1, 0.15) is 19.8 Å². The van der Waals surface area contributed by atoms with Crippen molar-refractivity contribution in [2.45, 2.75) is 43.2 Å². The summed E-state index contributed by atoms with van der Waals surface area (Å²) < 4.78 is 23.0. The highest BCUT2D eigenvalue weighted by Gasteiger charge is 2.76. The predicted octanol–water partition coefficient (Wildman–Crippen LogP) is 0.219. The van der Waals surface area contributed by atoms with Gasteiger partial charge in [0.2, 0.25) is 0 Å². The zero-order valence-electron chi connectivity index (χ0n) is 9.43. The maximum atomic E-state index is 10.5. The van der Waals surface area contributed by atoms with E-state index in [4.69, 9.17) is 18.9 Å². The second kappa shape index (κ2) is 2.47. The summed E-state index contributed by atoms with van der Waals surface area (Å²) in [5.74, 6) is -1.37. The molecule has 1 aliphatic carbocycles. The summed E-state index contributed by atoms with van der Waals surface area (Å²) in [5.41, 5.74) is -0.709. The first-order chi connectivity index (χ1) is 7.52. The summed E-state index contributed by atoms with van der Waals surface area (Å²) in [5, 5.41) is 10.5. The van der Waals surface area contributed by atoms with Crippen LogP contribution in [-0.2, 0) is 18.9 Å². The molecule has 16 heavy (non-hydrogen) atoms. The first-order valence-corrected chi connectivity index (χ1v) is 5.79. The Hall–Kier alpha value is -0.200. The van der Waals surface area contributed by atoms with Crippen LogP contribution in [0.2, 0.25) is 0 Å². The smallest absolute Gasteiger partial charge is 0.198 e. The van der Waals surface area contributed by atoms with Crippen LogP contribution in [0, 0.1) is 11.8 Å². The lowest BCUT2D eigenvalue weighted by Gasteiger charge is -2.50. The van der Waals surface area contributed by atoms with Gasteiger partial charge in [-0.05, 0) is 6.92 Å². The fourth-order valence-electron chi connectivity index (χ4n) is 3.90. The number of methoxy groups -OCH3 is 1. The van der Waals surface area contributed by atoms with E-state index in [1.807, 2.05) is 6.92 Å². The minimum atomic E-state index is -1.16. The molecule has 0 unspecified atom stereocenters. The largest absolute Gasteiger partial charge is 0.363 e. The van der Waals surface area contributed by atoms with Crippen LogP contribution in [0.4, 0.5) is 0 Å². The van der Waals surface area contributed by atoms with Gasteiger partial charge in [-0.3, -0.25) is 0 Å². The van der Waals surface area contributed by atoms with Crippen molar-refractivity contribution < 1.29 is 24.1 Å². The van der Waals surface area contributed by atoms with E-state index in [1.165, 1.54) is 0 Å². The molecule has 0 amide bonds. The van der Waals surface area contributed by atoms with E-state index in [-0.39, 0.29) is 18.1 Å². The third-order valence-electron chi connectivity index (χ3n) is 4.89. The van der Waals surface area contributed by atoms with Crippen LogP contribution in [0.3, 0.4) is 0 Å². The number of hydrogen-bond donors (Lipinski definition) is 1. The predicted molar refractivity (Wildman–Crippen MR) is 51.2 cm³/mol. The van der Waals surface area contributed by atoms with Crippen LogP contribution in [0.25, 0.3) is 0 Å². The minimum Gasteiger partial charge on any atom is -0.363 e. The molecule has 0 aromatic rings. The summed E-state index contributed by atoms with van der Waals surface area (Å²) in [6.45, 7) is 2.48. The van der Waals surface area contributed by atoms with E-state index in [2.05, 4.69) is 0 Å². The Morgan fingerprint density at radius 3 is 2.94 bits per heavy atom. The number of hydrogen-bond acceptors (Lipinski definition) is 5. The Bertz CT molecular complexity index is 360. The van der Waals surface area contributed by atoms with E-state index in [0.717, 1.165) is 0 Å². The monoisotopic (exact) mass is 228 g/mol. The van der Waals surface area contributed by atoms with E-state index in [0.29, 0.717) is 19.4 Å². The van der Waals surface area contributed by atoms with Gasteiger partial charge >= 0.3 is 0 Å². The summed E-state index contributed by atoms with van der Waals surface area (Å²) >= 11 is 0. The van der Waals surface area contributed by atoms with Crippen molar-refractivity contribution in [2.75, 3.05) is 13.7 Å². The summed E-state index contributed by atoms with van der Waals surface area (Å²) in [4.78, 5) is 0. The van der Waals surface area contributed by atoms with E-state index in [9.17, 15) is 5.11 Å². The van der Waals surface area contributed by atoms with Gasteiger partial charge in [-0.2, -0.15) is 0 Å². The molecule has 4 aliphatic rings. The van der Waals surface area contributed by atoms with Gasteiger partial charge in [0.15, 0.2) is 17.9 Å². The fourth-order valence-corrected chi connectivity index (χ4v) is 3.90. The lowest BCUT2D eigenvalue weighted by molar-refractivity contribution is -0.327. The molecule has 3 aliphatic heterocycles. The average Bonchev–Trinajstić information content (AvgIpc) is 2.64. The lowest BCUT2D eigenvalue weighted by atomic mass is 9.68. The molecule has 1 N–H and O–H groups in total. The van der Waals surface area contributed by atoms with Crippen molar-refractivity contribution in [3.8, 4) is 0 Å². The highest BCUT2D eigenvalue weighted by molar-refractivity contribution is 5.15. The Morgan fingerprint density at radius 1 is 1.38 bits per heavy atom. The minimum absolute atomic E-state index is 0.178. The molecule has 0 spiro atoms. The Balaban J connectivity index is 1.88. The SMILES string of the molecule is CO[C@]12C[C@]3(C)O[C@H]4O[C@]3(O)C[C@@H]1[C@H]4CO2. The topological polar surface area (TPSA) is 57.2 Å². The van der Waals surface area contributed by atoms with Crippen LogP contribution in [-0.4, -0.2) is 42.3 Å². The number of aliphatic hydroxyl groups is 1. The Labute approximate surface area is 93.6 Å². The molecular weight excluding hydrogens is 212 g/mol. The highest BCUT2D eigenvalue weighted by atomic mass is 16.8. The quantitative estimate of drug-likeness (QED) is 0.695. The molecule has 6 atom stereocenters. The Kier molecular flexibility index (Phi) is 1.51. The molecule has 0 aromatic carbocycles. The zero-order chi connectivity index (χ0) is 11.2. The summed E-state index contributed by atoms with van der Waals surface area (Å²) in [6, 6.07) is 0. The van der Waals surface area contributed by atoms with Crippen molar-refractivity contribution in [2.24, 2.45) is 11.8 Å². The van der Waals surface area contributed by atoms with Crippen LogP contribution in [0.15, 0.2) is 0 Å². The van der Waals surface area contributed by atoms with Crippen molar-refractivity contribution in [1.82, 2.24) is 0 Å². The average molecular weight is 228 g/mol. The highest BCUT2D eigenvalue weighted by Crippen LogP contribution is 2.64. The van der Waals surface area contributed by atoms with Crippen molar-refractivity contribution in [3.05, 3.63) is 0 Å². The molecule has 4 rings (SSSR count). The second-order valence-corrected chi connectivity index (χ2v) is 5.60. The molecule has 1 saturated carbocycles. The maximum Gasteiger partial charge on any atom is 0.198 e. The first kappa shape index (κ1) is 9.79. The van der Waals surface area contributed by atoms with Crippen molar-refractivity contribution in [3.63, 3.8) is 0 Å². The molecule has 5 heteroatoms. The standard InChI is InChI=1S/C11H16O5/c1-9-5-10(13-2)7-3-11(9,12)16-8(15-9)6(7)4-14-10/h6-8,12H,3-5H2,1-2H3/t6-,7-,8+,9+,10+,11-/m1/s1. The normalized spacial score (nSPS) is 66.6. The number of rotatable bonds is 1. The molecule has 90 valence electrons. The fraction of sp³-hybridized carbons (Fsp3) is 1.00. The van der Waals surface area contributed by atoms with Gasteiger partial charge in [0, 0.05) is 31.8 Å². The van der Waals surface area contributed by atoms with E-state index >= 15 is 0 Å². The molecular formula is C11H16O5. The van der Waals surface area contributed by atoms with Crippen LogP contribution in [0.5, 0.6) is 0 Å². The van der Waals surface area contributed by atoms with Crippen molar-refractivity contribution >= 4 is 0 Å². The second-order valence-electron chi connectivity index (χ2n) is 5.60. The van der Waals surface area contributed by atoms with Gasteiger partial charge in [-0.15, -0.1) is 0 Å². The van der Waals surface area contributed by atoms with E-state index in [1.54, 1.807) is 7.11 Å². The number of ether oxygens (including phenoxy) is 4. The van der Waals surface area contributed by atoms with Gasteiger partial charge in [0.05, 0.1) is 6.61 Å². The van der Waals surface area contributed by atoms with Gasteiger partial charge in [0.1, 0.15) is 5.60 Å². The first-order valence-electron chi connectivity index (χ1n) is 5.79. The molecule has 3 bridgehead atoms. The van der Waals surface area contributed by atoms with Gasteiger partial charge in [0.25, 0.3) is 0 Å². The maximum absolute atomic E-state index is 10.5. The Morgan fingerprint density at radius 2 is 2.19 bits per heavy atom. The molecule has 3 saturated heterocycles.